The van der Waals surface area contributed by atoms with Crippen LogP contribution in [-0.4, -0.2) is 19.8 Å². The molecule has 0 radical (unpaired) electrons. The quantitative estimate of drug-likeness (QED) is 0.803. The van der Waals surface area contributed by atoms with Gasteiger partial charge in [-0.15, -0.1) is 0 Å². The van der Waals surface area contributed by atoms with Crippen LogP contribution < -0.4 is 5.32 Å². The Morgan fingerprint density at radius 3 is 2.81 bits per heavy atom. The molecule has 0 amide bonds. The lowest BCUT2D eigenvalue weighted by Gasteiger charge is -2.13. The first-order valence-electron chi connectivity index (χ1n) is 5.61. The van der Waals surface area contributed by atoms with Gasteiger partial charge >= 0.3 is 0 Å². The van der Waals surface area contributed by atoms with Crippen LogP contribution in [0, 0.1) is 12.7 Å². The van der Waals surface area contributed by atoms with Crippen LogP contribution in [0.5, 0.6) is 0 Å². The highest BCUT2D eigenvalue weighted by molar-refractivity contribution is 5.23. The fraction of sp³-hybridized carbons (Fsp3) is 0.538. The summed E-state index contributed by atoms with van der Waals surface area (Å²) in [7, 11) is 1.70. The minimum Gasteiger partial charge on any atom is -0.385 e. The highest BCUT2D eigenvalue weighted by Crippen LogP contribution is 2.09. The van der Waals surface area contributed by atoms with Crippen LogP contribution in [-0.2, 0) is 11.3 Å². The molecule has 0 aliphatic carbocycles. The Labute approximate surface area is 96.8 Å². The molecule has 16 heavy (non-hydrogen) atoms. The van der Waals surface area contributed by atoms with E-state index in [1.807, 2.05) is 12.1 Å². The van der Waals surface area contributed by atoms with Crippen LogP contribution in [0.2, 0.25) is 0 Å². The van der Waals surface area contributed by atoms with Crippen LogP contribution in [0.15, 0.2) is 18.2 Å². The number of halogens is 1. The van der Waals surface area contributed by atoms with Gasteiger partial charge in [-0.3, -0.25) is 0 Å². The monoisotopic (exact) mass is 225 g/mol. The summed E-state index contributed by atoms with van der Waals surface area (Å²) in [5.74, 6) is -0.142. The number of hydrogen-bond donors (Lipinski definition) is 1. The van der Waals surface area contributed by atoms with E-state index in [4.69, 9.17) is 4.74 Å². The molecular formula is C13H20FNO. The van der Waals surface area contributed by atoms with Gasteiger partial charge in [-0.25, -0.2) is 4.39 Å². The van der Waals surface area contributed by atoms with E-state index in [1.54, 1.807) is 14.0 Å². The van der Waals surface area contributed by atoms with E-state index >= 15 is 0 Å². The molecule has 1 N–H and O–H groups in total. The van der Waals surface area contributed by atoms with Crippen LogP contribution in [0.4, 0.5) is 4.39 Å². The molecule has 1 unspecified atom stereocenters. The average Bonchev–Trinajstić information content (AvgIpc) is 2.28. The standard InChI is InChI=1S/C13H20FNO/c1-10-8-12(4-5-13(10)14)9-15-11(2)6-7-16-3/h4-5,8,11,15H,6-7,9H2,1-3H3. The average molecular weight is 225 g/mol. The topological polar surface area (TPSA) is 21.3 Å². The Balaban J connectivity index is 2.39. The van der Waals surface area contributed by atoms with Crippen molar-refractivity contribution in [1.29, 1.82) is 0 Å². The normalized spacial score (nSPS) is 12.8. The van der Waals surface area contributed by atoms with Crippen LogP contribution in [0.3, 0.4) is 0 Å². The lowest BCUT2D eigenvalue weighted by atomic mass is 10.1. The number of methoxy groups -OCH3 is 1. The summed E-state index contributed by atoms with van der Waals surface area (Å²) in [4.78, 5) is 0. The number of nitrogens with one attached hydrogen (secondary N) is 1. The number of aryl methyl sites for hydroxylation is 1. The summed E-state index contributed by atoms with van der Waals surface area (Å²) in [6.07, 6.45) is 0.983. The van der Waals surface area contributed by atoms with Crippen molar-refractivity contribution in [3.05, 3.63) is 35.1 Å². The van der Waals surface area contributed by atoms with E-state index in [2.05, 4.69) is 12.2 Å². The van der Waals surface area contributed by atoms with Crippen molar-refractivity contribution >= 4 is 0 Å². The summed E-state index contributed by atoms with van der Waals surface area (Å²) in [6, 6.07) is 5.63. The second kappa shape index (κ2) is 6.61. The summed E-state index contributed by atoms with van der Waals surface area (Å²) >= 11 is 0. The Morgan fingerprint density at radius 2 is 2.19 bits per heavy atom. The Hall–Kier alpha value is -0.930. The molecule has 1 rings (SSSR count). The number of hydrogen-bond acceptors (Lipinski definition) is 2. The number of rotatable bonds is 6. The Kier molecular flexibility index (Phi) is 5.43. The fourth-order valence-electron chi connectivity index (χ4n) is 1.51. The van der Waals surface area contributed by atoms with Crippen molar-refractivity contribution in [2.24, 2.45) is 0 Å². The van der Waals surface area contributed by atoms with E-state index in [0.29, 0.717) is 11.6 Å². The molecule has 3 heteroatoms. The van der Waals surface area contributed by atoms with Gasteiger partial charge in [0.15, 0.2) is 0 Å². The highest BCUT2D eigenvalue weighted by atomic mass is 19.1. The largest absolute Gasteiger partial charge is 0.385 e. The smallest absolute Gasteiger partial charge is 0.126 e. The van der Waals surface area contributed by atoms with Gasteiger partial charge in [-0.05, 0) is 37.5 Å². The second-order valence-electron chi connectivity index (χ2n) is 4.15. The van der Waals surface area contributed by atoms with Gasteiger partial charge in [0, 0.05) is 26.3 Å². The van der Waals surface area contributed by atoms with E-state index in [-0.39, 0.29) is 5.82 Å². The fourth-order valence-corrected chi connectivity index (χ4v) is 1.51. The maximum atomic E-state index is 13.0. The van der Waals surface area contributed by atoms with Gasteiger partial charge < -0.3 is 10.1 Å². The molecule has 0 aromatic heterocycles. The van der Waals surface area contributed by atoms with Crippen molar-refractivity contribution in [2.45, 2.75) is 32.9 Å². The number of benzene rings is 1. The maximum absolute atomic E-state index is 13.0. The SMILES string of the molecule is COCCC(C)NCc1ccc(F)c(C)c1. The van der Waals surface area contributed by atoms with Crippen molar-refractivity contribution in [1.82, 2.24) is 5.32 Å². The second-order valence-corrected chi connectivity index (χ2v) is 4.15. The first kappa shape index (κ1) is 13.1. The van der Waals surface area contributed by atoms with E-state index in [0.717, 1.165) is 25.1 Å². The maximum Gasteiger partial charge on any atom is 0.126 e. The van der Waals surface area contributed by atoms with Gasteiger partial charge in [-0.2, -0.15) is 0 Å². The molecule has 0 aliphatic heterocycles. The predicted molar refractivity (Wildman–Crippen MR) is 63.9 cm³/mol. The molecule has 1 aromatic carbocycles. The van der Waals surface area contributed by atoms with E-state index in [9.17, 15) is 4.39 Å². The van der Waals surface area contributed by atoms with Gasteiger partial charge in [0.1, 0.15) is 5.82 Å². The predicted octanol–water partition coefficient (Wildman–Crippen LogP) is 2.65. The summed E-state index contributed by atoms with van der Waals surface area (Å²) in [5, 5.41) is 3.38. The van der Waals surface area contributed by atoms with Crippen molar-refractivity contribution in [3.8, 4) is 0 Å². The third kappa shape index (κ3) is 4.29. The summed E-state index contributed by atoms with van der Waals surface area (Å²) in [5.41, 5.74) is 1.81. The van der Waals surface area contributed by atoms with Crippen molar-refractivity contribution in [2.75, 3.05) is 13.7 Å². The minimum absolute atomic E-state index is 0.142. The zero-order chi connectivity index (χ0) is 12.0. The zero-order valence-corrected chi connectivity index (χ0v) is 10.2. The Morgan fingerprint density at radius 1 is 1.44 bits per heavy atom. The lowest BCUT2D eigenvalue weighted by Crippen LogP contribution is -2.26. The first-order chi connectivity index (χ1) is 7.63. The van der Waals surface area contributed by atoms with Crippen LogP contribution >= 0.6 is 0 Å². The van der Waals surface area contributed by atoms with Crippen molar-refractivity contribution in [3.63, 3.8) is 0 Å². The molecule has 1 atom stereocenters. The molecule has 0 fully saturated rings. The van der Waals surface area contributed by atoms with E-state index < -0.39 is 0 Å². The van der Waals surface area contributed by atoms with Gasteiger partial charge in [0.05, 0.1) is 0 Å². The van der Waals surface area contributed by atoms with Crippen molar-refractivity contribution < 1.29 is 9.13 Å². The molecular weight excluding hydrogens is 205 g/mol. The lowest BCUT2D eigenvalue weighted by molar-refractivity contribution is 0.184. The summed E-state index contributed by atoms with van der Waals surface area (Å²) < 4.78 is 18.0. The minimum atomic E-state index is -0.142. The van der Waals surface area contributed by atoms with Gasteiger partial charge in [0.25, 0.3) is 0 Å². The molecule has 0 spiro atoms. The molecule has 0 saturated heterocycles. The summed E-state index contributed by atoms with van der Waals surface area (Å²) in [6.45, 7) is 5.44. The molecule has 0 aliphatic rings. The third-order valence-corrected chi connectivity index (χ3v) is 2.63. The van der Waals surface area contributed by atoms with Gasteiger partial charge in [-0.1, -0.05) is 12.1 Å². The molecule has 1 aromatic rings. The third-order valence-electron chi connectivity index (χ3n) is 2.63. The highest BCUT2D eigenvalue weighted by Gasteiger charge is 2.02. The number of ether oxygens (including phenoxy) is 1. The molecule has 0 heterocycles. The first-order valence-corrected chi connectivity index (χ1v) is 5.61. The molecule has 0 bridgehead atoms. The van der Waals surface area contributed by atoms with E-state index in [1.165, 1.54) is 6.07 Å². The molecule has 2 nitrogen and oxygen atoms in total. The zero-order valence-electron chi connectivity index (χ0n) is 10.2. The molecule has 90 valence electrons. The van der Waals surface area contributed by atoms with Gasteiger partial charge in [0.2, 0.25) is 0 Å². The molecule has 0 saturated carbocycles. The van der Waals surface area contributed by atoms with Crippen LogP contribution in [0.1, 0.15) is 24.5 Å². The van der Waals surface area contributed by atoms with Crippen LogP contribution in [0.25, 0.3) is 0 Å². The Bertz CT molecular complexity index is 328.